The van der Waals surface area contributed by atoms with Crippen LogP contribution in [0.2, 0.25) is 0 Å². The summed E-state index contributed by atoms with van der Waals surface area (Å²) in [6.07, 6.45) is 1.30. The smallest absolute Gasteiger partial charge is 0.282 e. The predicted octanol–water partition coefficient (Wildman–Crippen LogP) is 4.31. The molecular weight excluding hydrogens is 464 g/mol. The summed E-state index contributed by atoms with van der Waals surface area (Å²) in [6.45, 7) is 0.508. The Bertz CT molecular complexity index is 1400. The van der Waals surface area contributed by atoms with E-state index in [9.17, 15) is 10.1 Å². The molecule has 0 amide bonds. The number of fused-ring (bicyclic) bond motifs is 1. The van der Waals surface area contributed by atoms with Gasteiger partial charge in [0.2, 0.25) is 24.6 Å². The average molecular weight is 484 g/mol. The standard InChI is InChI=1S/C24H20N8O4/c33-32(34)19-12-21-20(35-15-36-21)11-17(19)14-26-31-24-29-22(25-13-16-7-3-1-4-8-16)28-23(30-24)27-18-9-5-2-6-10-18/h1-12,14H,13,15H2,(H3,25,27,28,29,30,31)/b26-14-. The molecule has 3 N–H and O–H groups in total. The van der Waals surface area contributed by atoms with Gasteiger partial charge in [-0.25, -0.2) is 5.43 Å². The first-order valence-corrected chi connectivity index (χ1v) is 10.9. The average Bonchev–Trinajstić information content (AvgIpc) is 3.36. The molecule has 0 fully saturated rings. The van der Waals surface area contributed by atoms with E-state index in [2.05, 4.69) is 36.1 Å². The van der Waals surface area contributed by atoms with Gasteiger partial charge in [0.25, 0.3) is 5.69 Å². The molecule has 0 bridgehead atoms. The molecule has 0 atom stereocenters. The number of nitro benzene ring substituents is 1. The van der Waals surface area contributed by atoms with E-state index in [-0.39, 0.29) is 24.0 Å². The van der Waals surface area contributed by atoms with Gasteiger partial charge in [0.05, 0.1) is 22.8 Å². The number of ether oxygens (including phenoxy) is 2. The highest BCUT2D eigenvalue weighted by Crippen LogP contribution is 2.37. The molecule has 1 aliphatic heterocycles. The molecule has 0 saturated heterocycles. The van der Waals surface area contributed by atoms with Crippen LogP contribution in [0.4, 0.5) is 29.2 Å². The highest BCUT2D eigenvalue weighted by atomic mass is 16.7. The number of benzene rings is 3. The Kier molecular flexibility index (Phi) is 6.47. The second kappa shape index (κ2) is 10.3. The number of aromatic nitrogens is 3. The minimum Gasteiger partial charge on any atom is -0.454 e. The van der Waals surface area contributed by atoms with Gasteiger partial charge in [-0.1, -0.05) is 48.5 Å². The van der Waals surface area contributed by atoms with Gasteiger partial charge in [-0.2, -0.15) is 20.1 Å². The van der Waals surface area contributed by atoms with Crippen molar-refractivity contribution in [2.75, 3.05) is 22.9 Å². The van der Waals surface area contributed by atoms with Crippen molar-refractivity contribution in [3.05, 3.63) is 94.0 Å². The number of hydrogen-bond donors (Lipinski definition) is 3. The Morgan fingerprint density at radius 2 is 1.58 bits per heavy atom. The van der Waals surface area contributed by atoms with Crippen molar-refractivity contribution in [2.24, 2.45) is 5.10 Å². The molecular formula is C24H20N8O4. The van der Waals surface area contributed by atoms with E-state index < -0.39 is 4.92 Å². The quantitative estimate of drug-likeness (QED) is 0.178. The lowest BCUT2D eigenvalue weighted by atomic mass is 10.1. The topological polar surface area (TPSA) is 149 Å². The number of nitrogens with zero attached hydrogens (tertiary/aromatic N) is 5. The van der Waals surface area contributed by atoms with Gasteiger partial charge in [-0.3, -0.25) is 10.1 Å². The van der Waals surface area contributed by atoms with Gasteiger partial charge in [-0.05, 0) is 23.8 Å². The zero-order chi connectivity index (χ0) is 24.7. The molecule has 3 aromatic carbocycles. The first kappa shape index (κ1) is 22.5. The number of hydrazone groups is 1. The van der Waals surface area contributed by atoms with Gasteiger partial charge in [-0.15, -0.1) is 0 Å². The van der Waals surface area contributed by atoms with Crippen molar-refractivity contribution in [3.8, 4) is 11.5 Å². The number of nitrogens with one attached hydrogen (secondary N) is 3. The highest BCUT2D eigenvalue weighted by Gasteiger charge is 2.22. The van der Waals surface area contributed by atoms with Gasteiger partial charge >= 0.3 is 0 Å². The second-order valence-corrected chi connectivity index (χ2v) is 7.53. The summed E-state index contributed by atoms with van der Waals surface area (Å²) in [5.74, 6) is 1.47. The van der Waals surface area contributed by atoms with Crippen LogP contribution in [0.1, 0.15) is 11.1 Å². The molecule has 0 unspecified atom stereocenters. The molecule has 1 aliphatic rings. The van der Waals surface area contributed by atoms with Crippen molar-refractivity contribution in [1.29, 1.82) is 0 Å². The fraction of sp³-hybridized carbons (Fsp3) is 0.0833. The Morgan fingerprint density at radius 1 is 0.917 bits per heavy atom. The Balaban J connectivity index is 1.38. The molecule has 12 heteroatoms. The summed E-state index contributed by atoms with van der Waals surface area (Å²) >= 11 is 0. The minimum absolute atomic E-state index is 0.00609. The molecule has 0 spiro atoms. The zero-order valence-electron chi connectivity index (χ0n) is 18.8. The van der Waals surface area contributed by atoms with Crippen LogP contribution in [-0.2, 0) is 6.54 Å². The van der Waals surface area contributed by atoms with Crippen LogP contribution in [-0.4, -0.2) is 32.9 Å². The molecule has 4 aromatic rings. The molecule has 2 heterocycles. The lowest BCUT2D eigenvalue weighted by molar-refractivity contribution is -0.385. The molecule has 0 saturated carbocycles. The third kappa shape index (κ3) is 5.44. The first-order chi connectivity index (χ1) is 17.6. The summed E-state index contributed by atoms with van der Waals surface area (Å²) in [5, 5.41) is 21.9. The summed E-state index contributed by atoms with van der Waals surface area (Å²) in [5.41, 5.74) is 4.64. The maximum Gasteiger partial charge on any atom is 0.282 e. The fourth-order valence-corrected chi connectivity index (χ4v) is 3.36. The Labute approximate surface area is 205 Å². The first-order valence-electron chi connectivity index (χ1n) is 10.9. The highest BCUT2D eigenvalue weighted by molar-refractivity contribution is 5.87. The molecule has 1 aromatic heterocycles. The van der Waals surface area contributed by atoms with Crippen LogP contribution in [0.5, 0.6) is 11.5 Å². The van der Waals surface area contributed by atoms with Crippen LogP contribution in [0.15, 0.2) is 77.9 Å². The lowest BCUT2D eigenvalue weighted by Crippen LogP contribution is -2.09. The van der Waals surface area contributed by atoms with Crippen molar-refractivity contribution >= 4 is 35.4 Å². The predicted molar refractivity (Wildman–Crippen MR) is 134 cm³/mol. The van der Waals surface area contributed by atoms with Crippen LogP contribution >= 0.6 is 0 Å². The van der Waals surface area contributed by atoms with Crippen molar-refractivity contribution in [3.63, 3.8) is 0 Å². The summed E-state index contributed by atoms with van der Waals surface area (Å²) < 4.78 is 10.5. The lowest BCUT2D eigenvalue weighted by Gasteiger charge is -2.10. The monoisotopic (exact) mass is 484 g/mol. The largest absolute Gasteiger partial charge is 0.454 e. The van der Waals surface area contributed by atoms with E-state index in [1.165, 1.54) is 18.3 Å². The maximum atomic E-state index is 11.5. The fourth-order valence-electron chi connectivity index (χ4n) is 3.36. The summed E-state index contributed by atoms with van der Waals surface area (Å²) in [7, 11) is 0. The van der Waals surface area contributed by atoms with Crippen molar-refractivity contribution < 1.29 is 14.4 Å². The van der Waals surface area contributed by atoms with Gasteiger partial charge < -0.3 is 20.1 Å². The number of para-hydroxylation sites is 1. The Hall–Kier alpha value is -5.26. The SMILES string of the molecule is O=[N+]([O-])c1cc2c(cc1/C=N\Nc1nc(NCc3ccccc3)nc(Nc3ccccc3)n1)OCO2. The van der Waals surface area contributed by atoms with E-state index in [0.717, 1.165) is 11.3 Å². The van der Waals surface area contributed by atoms with Gasteiger partial charge in [0.15, 0.2) is 11.5 Å². The molecule has 180 valence electrons. The summed E-state index contributed by atoms with van der Waals surface area (Å²) in [6, 6.07) is 22.1. The number of nitro groups is 1. The van der Waals surface area contributed by atoms with Crippen LogP contribution in [0, 0.1) is 10.1 Å². The molecule has 12 nitrogen and oxygen atoms in total. The Morgan fingerprint density at radius 3 is 2.33 bits per heavy atom. The number of hydrogen-bond acceptors (Lipinski definition) is 11. The molecule has 5 rings (SSSR count). The normalized spacial score (nSPS) is 11.9. The van der Waals surface area contributed by atoms with Crippen molar-refractivity contribution in [1.82, 2.24) is 15.0 Å². The van der Waals surface area contributed by atoms with E-state index in [0.29, 0.717) is 29.9 Å². The molecule has 0 radical (unpaired) electrons. The third-order valence-electron chi connectivity index (χ3n) is 5.05. The number of anilines is 4. The number of rotatable bonds is 9. The van der Waals surface area contributed by atoms with Gasteiger partial charge in [0.1, 0.15) is 0 Å². The molecule has 0 aliphatic carbocycles. The molecule has 36 heavy (non-hydrogen) atoms. The van der Waals surface area contributed by atoms with E-state index in [1.807, 2.05) is 60.7 Å². The minimum atomic E-state index is -0.514. The van der Waals surface area contributed by atoms with E-state index in [1.54, 1.807) is 0 Å². The van der Waals surface area contributed by atoms with Gasteiger partial charge in [0, 0.05) is 12.2 Å². The third-order valence-corrected chi connectivity index (χ3v) is 5.05. The zero-order valence-corrected chi connectivity index (χ0v) is 18.8. The van der Waals surface area contributed by atoms with Crippen molar-refractivity contribution in [2.45, 2.75) is 6.54 Å². The summed E-state index contributed by atoms with van der Waals surface area (Å²) in [4.78, 5) is 24.1. The maximum absolute atomic E-state index is 11.5. The van der Waals surface area contributed by atoms with Crippen LogP contribution in [0.25, 0.3) is 0 Å². The van der Waals surface area contributed by atoms with E-state index in [4.69, 9.17) is 9.47 Å². The van der Waals surface area contributed by atoms with Crippen LogP contribution in [0.3, 0.4) is 0 Å². The second-order valence-electron chi connectivity index (χ2n) is 7.53. The van der Waals surface area contributed by atoms with Crippen LogP contribution < -0.4 is 25.5 Å². The van der Waals surface area contributed by atoms with E-state index >= 15 is 0 Å².